The number of anilines is 1. The number of urea groups is 1. The molecule has 3 amide bonds. The number of ether oxygens (including phenoxy) is 1. The Labute approximate surface area is 211 Å². The molecule has 12 heteroatoms. The highest BCUT2D eigenvalue weighted by molar-refractivity contribution is 6.18. The molecule has 0 aliphatic carbocycles. The fourth-order valence-corrected chi connectivity index (χ4v) is 4.11. The van der Waals surface area contributed by atoms with Gasteiger partial charge in [0.05, 0.1) is 41.8 Å². The molecule has 4 aromatic rings. The molecule has 12 nitrogen and oxygen atoms in total. The topological polar surface area (TPSA) is 168 Å². The highest BCUT2D eigenvalue weighted by Crippen LogP contribution is 2.30. The lowest BCUT2D eigenvalue weighted by Gasteiger charge is -2.26. The van der Waals surface area contributed by atoms with Crippen LogP contribution in [0.2, 0.25) is 0 Å². The van der Waals surface area contributed by atoms with E-state index in [4.69, 9.17) is 10.5 Å². The molecule has 0 spiro atoms. The smallest absolute Gasteiger partial charge is 0.322 e. The summed E-state index contributed by atoms with van der Waals surface area (Å²) in [5.74, 6) is -0.123. The molecule has 5 heterocycles. The van der Waals surface area contributed by atoms with Crippen LogP contribution in [-0.2, 0) is 9.53 Å². The summed E-state index contributed by atoms with van der Waals surface area (Å²) < 4.78 is 5.31. The van der Waals surface area contributed by atoms with E-state index in [2.05, 4.69) is 42.0 Å². The number of hydrogen-bond donors (Lipinski definition) is 4. The Balaban J connectivity index is 1.46. The van der Waals surface area contributed by atoms with Crippen molar-refractivity contribution in [3.63, 3.8) is 0 Å². The van der Waals surface area contributed by atoms with E-state index >= 15 is 0 Å². The first kappa shape index (κ1) is 23.9. The molecule has 0 bridgehead atoms. The third kappa shape index (κ3) is 4.82. The fraction of sp³-hybridized carbons (Fsp3) is 0.200. The van der Waals surface area contributed by atoms with Gasteiger partial charge in [0.25, 0.3) is 5.91 Å². The van der Waals surface area contributed by atoms with Crippen LogP contribution < -0.4 is 11.1 Å². The Kier molecular flexibility index (Phi) is 6.47. The van der Waals surface area contributed by atoms with Gasteiger partial charge >= 0.3 is 6.03 Å². The zero-order valence-electron chi connectivity index (χ0n) is 20.1. The molecule has 1 aliphatic rings. The Bertz CT molecular complexity index is 1530. The summed E-state index contributed by atoms with van der Waals surface area (Å²) >= 11 is 0. The van der Waals surface area contributed by atoms with Crippen molar-refractivity contribution in [2.45, 2.75) is 6.92 Å². The van der Waals surface area contributed by atoms with Gasteiger partial charge in [-0.05, 0) is 25.1 Å². The van der Waals surface area contributed by atoms with E-state index in [1.807, 2.05) is 12.1 Å². The minimum Gasteiger partial charge on any atom is -0.378 e. The van der Waals surface area contributed by atoms with Gasteiger partial charge in [0.1, 0.15) is 5.69 Å². The number of H-pyrrole nitrogens is 2. The number of rotatable bonds is 6. The van der Waals surface area contributed by atoms with Gasteiger partial charge in [-0.1, -0.05) is 12.7 Å². The third-order valence-electron chi connectivity index (χ3n) is 5.96. The first-order valence-electron chi connectivity index (χ1n) is 11.6. The lowest BCUT2D eigenvalue weighted by molar-refractivity contribution is -0.112. The molecule has 0 unspecified atom stereocenters. The average Bonchev–Trinajstić information content (AvgIpc) is 3.50. The van der Waals surface area contributed by atoms with Crippen molar-refractivity contribution in [1.82, 2.24) is 35.0 Å². The third-order valence-corrected chi connectivity index (χ3v) is 5.96. The van der Waals surface area contributed by atoms with E-state index < -0.39 is 5.91 Å². The van der Waals surface area contributed by atoms with Crippen molar-refractivity contribution in [1.29, 1.82) is 0 Å². The highest BCUT2D eigenvalue weighted by atomic mass is 16.5. The Morgan fingerprint density at radius 2 is 1.97 bits per heavy atom. The predicted molar refractivity (Wildman–Crippen MR) is 138 cm³/mol. The number of aryl methyl sites for hydroxylation is 1. The quantitative estimate of drug-likeness (QED) is 0.233. The number of fused-ring (bicyclic) bond motifs is 1. The largest absolute Gasteiger partial charge is 0.378 e. The number of pyridine rings is 2. The summed E-state index contributed by atoms with van der Waals surface area (Å²) in [4.78, 5) is 42.7. The second-order valence-electron chi connectivity index (χ2n) is 8.42. The number of nitrogens with zero attached hydrogens (tertiary/aromatic N) is 5. The fourth-order valence-electron chi connectivity index (χ4n) is 4.11. The number of nitrogens with one attached hydrogen (secondary N) is 3. The Morgan fingerprint density at radius 1 is 1.19 bits per heavy atom. The van der Waals surface area contributed by atoms with Gasteiger partial charge in [-0.3, -0.25) is 14.9 Å². The van der Waals surface area contributed by atoms with E-state index in [0.29, 0.717) is 65.9 Å². The summed E-state index contributed by atoms with van der Waals surface area (Å²) in [5, 5.41) is 10.9. The van der Waals surface area contributed by atoms with E-state index in [1.165, 1.54) is 12.2 Å². The van der Waals surface area contributed by atoms with Gasteiger partial charge < -0.3 is 25.7 Å². The number of carbonyl (C=O) groups excluding carboxylic acids is 2. The van der Waals surface area contributed by atoms with Crippen LogP contribution >= 0.6 is 0 Å². The van der Waals surface area contributed by atoms with Gasteiger partial charge in [0.15, 0.2) is 11.5 Å². The molecule has 5 rings (SSSR count). The zero-order valence-corrected chi connectivity index (χ0v) is 20.1. The lowest BCUT2D eigenvalue weighted by atomic mass is 10.1. The predicted octanol–water partition coefficient (Wildman–Crippen LogP) is 2.64. The van der Waals surface area contributed by atoms with Crippen LogP contribution in [0.3, 0.4) is 0 Å². The number of aromatic nitrogens is 6. The molecule has 0 radical (unpaired) electrons. The number of nitrogens with two attached hydrogens (primary N) is 1. The van der Waals surface area contributed by atoms with Gasteiger partial charge in [0, 0.05) is 42.3 Å². The van der Waals surface area contributed by atoms with Gasteiger partial charge in [0.2, 0.25) is 0 Å². The minimum atomic E-state index is -0.604. The monoisotopic (exact) mass is 499 g/mol. The van der Waals surface area contributed by atoms with Crippen LogP contribution in [0.1, 0.15) is 11.4 Å². The number of allylic oxidation sites excluding steroid dienone is 2. The maximum atomic E-state index is 12.6. The van der Waals surface area contributed by atoms with Crippen LogP contribution in [0.15, 0.2) is 49.5 Å². The molecule has 5 N–H and O–H groups in total. The number of primary amides is 1. The minimum absolute atomic E-state index is 0.197. The SMILES string of the molecule is C=C/C=C(/C(N)=O)c1nc(-c2[nH]nc3ncc(-c4cncc(NC(=O)N5CCOCC5)c4)cc23)[nH]c1C. The maximum Gasteiger partial charge on any atom is 0.322 e. The van der Waals surface area contributed by atoms with Crippen LogP contribution in [0, 0.1) is 6.92 Å². The molecule has 188 valence electrons. The number of carbonyl (C=O) groups is 2. The molecular weight excluding hydrogens is 474 g/mol. The molecule has 4 aromatic heterocycles. The Morgan fingerprint density at radius 3 is 2.73 bits per heavy atom. The number of morpholine rings is 1. The highest BCUT2D eigenvalue weighted by Gasteiger charge is 2.20. The standard InChI is InChI=1S/C25H25N9O3/c1-3-4-18(22(26)35)20-14(2)29-24(31-20)21-19-10-16(12-28-23(19)33-32-21)15-9-17(13-27-11-15)30-25(36)34-5-7-37-8-6-34/h3-4,9-13H,1,5-8H2,2H3,(H2,26,35)(H,29,31)(H,30,36)(H,28,32,33)/b18-4+. The normalized spacial score (nSPS) is 14.1. The first-order chi connectivity index (χ1) is 17.9. The summed E-state index contributed by atoms with van der Waals surface area (Å²) in [6.07, 6.45) is 7.99. The van der Waals surface area contributed by atoms with E-state index in [9.17, 15) is 9.59 Å². The van der Waals surface area contributed by atoms with Crippen molar-refractivity contribution in [2.75, 3.05) is 31.6 Å². The van der Waals surface area contributed by atoms with Crippen LogP contribution in [0.4, 0.5) is 10.5 Å². The van der Waals surface area contributed by atoms with Gasteiger partial charge in [-0.25, -0.2) is 14.8 Å². The molecular formula is C25H25N9O3. The second kappa shape index (κ2) is 10.0. The number of hydrogen-bond acceptors (Lipinski definition) is 7. The van der Waals surface area contributed by atoms with E-state index in [0.717, 1.165) is 11.1 Å². The molecule has 1 aliphatic heterocycles. The van der Waals surface area contributed by atoms with Crippen molar-refractivity contribution in [3.8, 4) is 22.6 Å². The molecule has 0 aromatic carbocycles. The average molecular weight is 500 g/mol. The second-order valence-corrected chi connectivity index (χ2v) is 8.42. The molecule has 0 saturated carbocycles. The maximum absolute atomic E-state index is 12.6. The van der Waals surface area contributed by atoms with Crippen molar-refractivity contribution >= 4 is 34.2 Å². The molecule has 1 fully saturated rings. The molecule has 0 atom stereocenters. The van der Waals surface area contributed by atoms with Crippen molar-refractivity contribution in [3.05, 3.63) is 60.8 Å². The van der Waals surface area contributed by atoms with Gasteiger partial charge in [-0.2, -0.15) is 5.10 Å². The van der Waals surface area contributed by atoms with Crippen molar-refractivity contribution < 1.29 is 14.3 Å². The molecule has 37 heavy (non-hydrogen) atoms. The number of amides is 3. The van der Waals surface area contributed by atoms with E-state index in [-0.39, 0.29) is 11.6 Å². The van der Waals surface area contributed by atoms with Crippen LogP contribution in [0.25, 0.3) is 39.3 Å². The summed E-state index contributed by atoms with van der Waals surface area (Å²) in [6, 6.07) is 3.55. The number of aromatic amines is 2. The van der Waals surface area contributed by atoms with Crippen molar-refractivity contribution in [2.24, 2.45) is 5.73 Å². The summed E-state index contributed by atoms with van der Waals surface area (Å²) in [5.41, 5.74) is 10.1. The summed E-state index contributed by atoms with van der Waals surface area (Å²) in [6.45, 7) is 7.57. The number of imidazole rings is 1. The van der Waals surface area contributed by atoms with Gasteiger partial charge in [-0.15, -0.1) is 0 Å². The van der Waals surface area contributed by atoms with E-state index in [1.54, 1.807) is 30.4 Å². The van der Waals surface area contributed by atoms with Crippen LogP contribution in [-0.4, -0.2) is 73.3 Å². The van der Waals surface area contributed by atoms with Crippen LogP contribution in [0.5, 0.6) is 0 Å². The lowest BCUT2D eigenvalue weighted by Crippen LogP contribution is -2.43. The first-order valence-corrected chi connectivity index (χ1v) is 11.6. The summed E-state index contributed by atoms with van der Waals surface area (Å²) in [7, 11) is 0. The Hall–Kier alpha value is -4.84. The molecule has 1 saturated heterocycles. The zero-order chi connectivity index (χ0) is 25.9.